The number of ketones is 2. The number of likely N-dealkylation sites (tertiary alicyclic amines) is 1. The number of unbranched alkanes of at least 4 members (excludes halogenated alkanes) is 2. The van der Waals surface area contributed by atoms with Crippen molar-refractivity contribution in [3.05, 3.63) is 0 Å². The fraction of sp³-hybridized carbons (Fsp3) is 0.789. The molecule has 0 aromatic rings. The Morgan fingerprint density at radius 3 is 2.40 bits per heavy atom. The minimum Gasteiger partial charge on any atom is -0.300 e. The average molecular weight is 370 g/mol. The van der Waals surface area contributed by atoms with E-state index in [1.54, 1.807) is 0 Å². The lowest BCUT2D eigenvalue weighted by Crippen LogP contribution is -2.32. The highest BCUT2D eigenvalue weighted by Crippen LogP contribution is 2.26. The Labute approximate surface area is 155 Å². The summed E-state index contributed by atoms with van der Waals surface area (Å²) in [7, 11) is 0. The number of hydrogen-bond acceptors (Lipinski definition) is 5. The van der Waals surface area contributed by atoms with Crippen molar-refractivity contribution in [1.82, 2.24) is 4.90 Å². The Kier molecular flexibility index (Phi) is 10.0. The van der Waals surface area contributed by atoms with Crippen LogP contribution >= 0.6 is 11.8 Å². The van der Waals surface area contributed by atoms with Gasteiger partial charge in [0.2, 0.25) is 11.8 Å². The van der Waals surface area contributed by atoms with Gasteiger partial charge >= 0.3 is 0 Å². The molecule has 0 spiro atoms. The second-order valence-corrected chi connectivity index (χ2v) is 8.00. The molecule has 1 unspecified atom stereocenters. The van der Waals surface area contributed by atoms with Gasteiger partial charge in [-0.1, -0.05) is 20.3 Å². The maximum absolute atomic E-state index is 12.3. The van der Waals surface area contributed by atoms with E-state index < -0.39 is 0 Å². The monoisotopic (exact) mass is 369 g/mol. The molecule has 1 atom stereocenters. The third-order valence-electron chi connectivity index (χ3n) is 4.72. The van der Waals surface area contributed by atoms with Crippen LogP contribution in [0, 0.1) is 5.92 Å². The molecular formula is C19H31NO4S. The molecule has 1 heterocycles. The highest BCUT2D eigenvalue weighted by atomic mass is 32.2. The molecule has 1 aliphatic heterocycles. The number of hydrogen-bond donors (Lipinski definition) is 0. The van der Waals surface area contributed by atoms with E-state index in [9.17, 15) is 19.2 Å². The molecular weight excluding hydrogens is 338 g/mol. The Balaban J connectivity index is 2.26. The molecule has 0 N–H and O–H groups in total. The van der Waals surface area contributed by atoms with Crippen molar-refractivity contribution in [2.45, 2.75) is 77.4 Å². The van der Waals surface area contributed by atoms with Crippen LogP contribution in [0.3, 0.4) is 0 Å². The number of imide groups is 1. The highest BCUT2D eigenvalue weighted by molar-refractivity contribution is 8.00. The third-order valence-corrected chi connectivity index (χ3v) is 5.93. The molecule has 2 amide bonds. The van der Waals surface area contributed by atoms with Gasteiger partial charge in [-0.3, -0.25) is 24.1 Å². The molecule has 0 aliphatic carbocycles. The van der Waals surface area contributed by atoms with E-state index in [-0.39, 0.29) is 35.2 Å². The zero-order valence-corrected chi connectivity index (χ0v) is 16.5. The standard InChI is InChI=1S/C19H31NO4S/c1-4-15(5-2)16(22)9-7-6-8-11-20-18(23)13-17(19(20)24)25-12-10-14(3)21/h15,17H,4-13H2,1-3H3. The highest BCUT2D eigenvalue weighted by Gasteiger charge is 2.38. The van der Waals surface area contributed by atoms with Gasteiger partial charge in [0.1, 0.15) is 11.6 Å². The molecule has 5 nitrogen and oxygen atoms in total. The number of amides is 2. The van der Waals surface area contributed by atoms with Gasteiger partial charge in [0.15, 0.2) is 0 Å². The van der Waals surface area contributed by atoms with Gasteiger partial charge < -0.3 is 0 Å². The maximum Gasteiger partial charge on any atom is 0.242 e. The fourth-order valence-corrected chi connectivity index (χ4v) is 4.28. The molecule has 142 valence electrons. The molecule has 0 aromatic heterocycles. The van der Waals surface area contributed by atoms with Crippen molar-refractivity contribution in [2.75, 3.05) is 12.3 Å². The summed E-state index contributed by atoms with van der Waals surface area (Å²) < 4.78 is 0. The quantitative estimate of drug-likeness (QED) is 0.367. The van der Waals surface area contributed by atoms with Crippen molar-refractivity contribution in [3.63, 3.8) is 0 Å². The van der Waals surface area contributed by atoms with Gasteiger partial charge in [0.05, 0.1) is 5.25 Å². The van der Waals surface area contributed by atoms with E-state index >= 15 is 0 Å². The van der Waals surface area contributed by atoms with E-state index in [2.05, 4.69) is 0 Å². The molecule has 0 aromatic carbocycles. The maximum atomic E-state index is 12.3. The lowest BCUT2D eigenvalue weighted by molar-refractivity contribution is -0.138. The second kappa shape index (κ2) is 11.4. The first kappa shape index (κ1) is 21.9. The predicted octanol–water partition coefficient (Wildman–Crippen LogP) is 3.39. The zero-order chi connectivity index (χ0) is 18.8. The van der Waals surface area contributed by atoms with Crippen molar-refractivity contribution < 1.29 is 19.2 Å². The number of nitrogens with zero attached hydrogens (tertiary/aromatic N) is 1. The smallest absolute Gasteiger partial charge is 0.242 e. The number of carbonyl (C=O) groups excluding carboxylic acids is 4. The number of thioether (sulfide) groups is 1. The Bertz CT molecular complexity index is 488. The Morgan fingerprint density at radius 2 is 1.80 bits per heavy atom. The molecule has 1 saturated heterocycles. The Morgan fingerprint density at radius 1 is 1.12 bits per heavy atom. The van der Waals surface area contributed by atoms with Gasteiger partial charge in [0.25, 0.3) is 0 Å². The van der Waals surface area contributed by atoms with Crippen LogP contribution in [0.5, 0.6) is 0 Å². The van der Waals surface area contributed by atoms with Crippen LogP contribution in [0.25, 0.3) is 0 Å². The summed E-state index contributed by atoms with van der Waals surface area (Å²) in [5, 5.41) is -0.330. The van der Waals surface area contributed by atoms with Gasteiger partial charge in [0, 0.05) is 37.5 Å². The van der Waals surface area contributed by atoms with Crippen LogP contribution in [0.2, 0.25) is 0 Å². The summed E-state index contributed by atoms with van der Waals surface area (Å²) >= 11 is 1.41. The lowest BCUT2D eigenvalue weighted by atomic mass is 9.94. The minimum atomic E-state index is -0.330. The largest absolute Gasteiger partial charge is 0.300 e. The summed E-state index contributed by atoms with van der Waals surface area (Å²) in [6, 6.07) is 0. The van der Waals surface area contributed by atoms with Crippen LogP contribution < -0.4 is 0 Å². The molecule has 25 heavy (non-hydrogen) atoms. The first-order chi connectivity index (χ1) is 11.9. The number of carbonyl (C=O) groups is 4. The average Bonchev–Trinajstić information content (AvgIpc) is 2.82. The van der Waals surface area contributed by atoms with E-state index in [1.165, 1.54) is 23.6 Å². The predicted molar refractivity (Wildman–Crippen MR) is 100 cm³/mol. The van der Waals surface area contributed by atoms with E-state index in [4.69, 9.17) is 0 Å². The van der Waals surface area contributed by atoms with Gasteiger partial charge in [-0.2, -0.15) is 0 Å². The van der Waals surface area contributed by atoms with Gasteiger partial charge in [-0.05, 0) is 32.6 Å². The van der Waals surface area contributed by atoms with Crippen LogP contribution in [-0.4, -0.2) is 45.8 Å². The summed E-state index contributed by atoms with van der Waals surface area (Å²) in [5.74, 6) is 0.967. The molecule has 0 radical (unpaired) electrons. The molecule has 1 rings (SSSR count). The van der Waals surface area contributed by atoms with Crippen LogP contribution in [0.4, 0.5) is 0 Å². The van der Waals surface area contributed by atoms with Crippen molar-refractivity contribution >= 4 is 35.1 Å². The second-order valence-electron chi connectivity index (χ2n) is 6.69. The van der Waals surface area contributed by atoms with E-state index in [1.807, 2.05) is 13.8 Å². The summed E-state index contributed by atoms with van der Waals surface area (Å²) in [6.45, 7) is 6.06. The SMILES string of the molecule is CCC(CC)C(=O)CCCCCN1C(=O)CC(SCCC(C)=O)C1=O. The summed E-state index contributed by atoms with van der Waals surface area (Å²) in [4.78, 5) is 48.6. The molecule has 6 heteroatoms. The van der Waals surface area contributed by atoms with Crippen molar-refractivity contribution in [3.8, 4) is 0 Å². The normalized spacial score (nSPS) is 17.6. The van der Waals surface area contributed by atoms with E-state index in [0.717, 1.165) is 32.1 Å². The molecule has 1 aliphatic rings. The summed E-state index contributed by atoms with van der Waals surface area (Å²) in [5.41, 5.74) is 0. The molecule has 0 saturated carbocycles. The fourth-order valence-electron chi connectivity index (χ4n) is 3.06. The molecule has 0 bridgehead atoms. The third kappa shape index (κ3) is 7.30. The van der Waals surface area contributed by atoms with Gasteiger partial charge in [-0.15, -0.1) is 11.8 Å². The van der Waals surface area contributed by atoms with Crippen LogP contribution in [0.15, 0.2) is 0 Å². The van der Waals surface area contributed by atoms with Crippen LogP contribution in [0.1, 0.15) is 72.1 Å². The first-order valence-corrected chi connectivity index (χ1v) is 10.4. The lowest BCUT2D eigenvalue weighted by Gasteiger charge is -2.15. The zero-order valence-electron chi connectivity index (χ0n) is 15.7. The number of rotatable bonds is 13. The Hall–Kier alpha value is -1.17. The topological polar surface area (TPSA) is 71.5 Å². The van der Waals surface area contributed by atoms with E-state index in [0.29, 0.717) is 30.9 Å². The molecule has 1 fully saturated rings. The minimum absolute atomic E-state index is 0.101. The van der Waals surface area contributed by atoms with Gasteiger partial charge in [-0.25, -0.2) is 0 Å². The van der Waals surface area contributed by atoms with Crippen molar-refractivity contribution in [1.29, 1.82) is 0 Å². The first-order valence-electron chi connectivity index (χ1n) is 9.38. The number of Topliss-reactive ketones (excluding diaryl/α,β-unsaturated/α-hetero) is 2. The summed E-state index contributed by atoms with van der Waals surface area (Å²) in [6.07, 6.45) is 5.50. The van der Waals surface area contributed by atoms with Crippen molar-refractivity contribution in [2.24, 2.45) is 5.92 Å². The van der Waals surface area contributed by atoms with Crippen LogP contribution in [-0.2, 0) is 19.2 Å².